The molecular weight excluding hydrogens is 434 g/mol. The van der Waals surface area contributed by atoms with Gasteiger partial charge in [-0.15, -0.1) is 5.10 Å². The summed E-state index contributed by atoms with van der Waals surface area (Å²) in [5.74, 6) is -0.00290. The molecule has 2 amide bonds. The minimum Gasteiger partial charge on any atom is -0.350 e. The summed E-state index contributed by atoms with van der Waals surface area (Å²) in [6.07, 6.45) is 6.95. The molecule has 2 heterocycles. The Morgan fingerprint density at radius 3 is 2.77 bits per heavy atom. The molecule has 1 aliphatic heterocycles. The molecule has 2 aliphatic rings. The number of hydrogen-bond acceptors (Lipinski definition) is 6. The molecule has 4 rings (SSSR count). The standard InChI is InChI=1S/C22H28ClN5O2S/c23-16-8-9-17(18-13-31-27-26-18)15(11-16)12-25-21(29)19-7-4-10-28(19)22(30)20(24)14-5-2-1-3-6-14/h8-9,11,13-14,19-20H,1-7,10,12,24H2,(H,25,29)/t19?,20-/m1/s1. The predicted octanol–water partition coefficient (Wildman–Crippen LogP) is 3.37. The van der Waals surface area contributed by atoms with Crippen LogP contribution in [0.15, 0.2) is 23.6 Å². The monoisotopic (exact) mass is 461 g/mol. The van der Waals surface area contributed by atoms with Crippen molar-refractivity contribution in [2.24, 2.45) is 11.7 Å². The molecule has 1 aromatic carbocycles. The zero-order valence-electron chi connectivity index (χ0n) is 17.4. The first-order chi connectivity index (χ1) is 15.0. The summed E-state index contributed by atoms with van der Waals surface area (Å²) in [6.45, 7) is 0.893. The van der Waals surface area contributed by atoms with Crippen LogP contribution in [0.25, 0.3) is 11.3 Å². The highest BCUT2D eigenvalue weighted by molar-refractivity contribution is 7.03. The number of amides is 2. The number of halogens is 1. The summed E-state index contributed by atoms with van der Waals surface area (Å²) in [5.41, 5.74) is 8.84. The number of nitrogens with zero attached hydrogens (tertiary/aromatic N) is 3. The number of rotatable bonds is 6. The Hall–Kier alpha value is -2.03. The minimum absolute atomic E-state index is 0.0819. The number of likely N-dealkylation sites (tertiary alicyclic amines) is 1. The summed E-state index contributed by atoms with van der Waals surface area (Å²) in [5, 5.41) is 9.57. The largest absolute Gasteiger partial charge is 0.350 e. The molecule has 1 unspecified atom stereocenters. The van der Waals surface area contributed by atoms with Crippen molar-refractivity contribution in [2.75, 3.05) is 6.54 Å². The highest BCUT2D eigenvalue weighted by Gasteiger charge is 2.38. The van der Waals surface area contributed by atoms with Gasteiger partial charge in [0.25, 0.3) is 0 Å². The maximum atomic E-state index is 13.1. The lowest BCUT2D eigenvalue weighted by molar-refractivity contribution is -0.140. The summed E-state index contributed by atoms with van der Waals surface area (Å²) >= 11 is 7.45. The number of nitrogens with two attached hydrogens (primary N) is 1. The topological polar surface area (TPSA) is 101 Å². The molecule has 1 saturated carbocycles. The van der Waals surface area contributed by atoms with Crippen molar-refractivity contribution in [3.05, 3.63) is 34.2 Å². The van der Waals surface area contributed by atoms with E-state index in [4.69, 9.17) is 17.3 Å². The highest BCUT2D eigenvalue weighted by atomic mass is 35.5. The molecule has 1 aliphatic carbocycles. The van der Waals surface area contributed by atoms with Crippen LogP contribution in [0.3, 0.4) is 0 Å². The van der Waals surface area contributed by atoms with E-state index in [1.807, 2.05) is 17.5 Å². The molecule has 166 valence electrons. The van der Waals surface area contributed by atoms with Crippen LogP contribution in [-0.4, -0.2) is 44.9 Å². The van der Waals surface area contributed by atoms with Crippen LogP contribution in [0.5, 0.6) is 0 Å². The van der Waals surface area contributed by atoms with Crippen LogP contribution >= 0.6 is 23.1 Å². The number of carbonyl (C=O) groups is 2. The van der Waals surface area contributed by atoms with E-state index in [0.717, 1.165) is 48.9 Å². The molecular formula is C22H28ClN5O2S. The van der Waals surface area contributed by atoms with Gasteiger partial charge in [-0.2, -0.15) is 0 Å². The second-order valence-electron chi connectivity index (χ2n) is 8.42. The summed E-state index contributed by atoms with van der Waals surface area (Å²) < 4.78 is 3.92. The lowest BCUT2D eigenvalue weighted by Crippen LogP contribution is -2.53. The number of hydrogen-bond donors (Lipinski definition) is 2. The Morgan fingerprint density at radius 1 is 1.23 bits per heavy atom. The Kier molecular flexibility index (Phi) is 7.20. The van der Waals surface area contributed by atoms with E-state index in [1.54, 1.807) is 11.0 Å². The van der Waals surface area contributed by atoms with Crippen molar-refractivity contribution < 1.29 is 9.59 Å². The van der Waals surface area contributed by atoms with Gasteiger partial charge >= 0.3 is 0 Å². The van der Waals surface area contributed by atoms with E-state index < -0.39 is 12.1 Å². The van der Waals surface area contributed by atoms with Gasteiger partial charge in [0, 0.05) is 29.1 Å². The SMILES string of the molecule is N[C@@H](C(=O)N1CCCC1C(=O)NCc1cc(Cl)ccc1-c1csnn1)C1CCCCC1. The van der Waals surface area contributed by atoms with E-state index >= 15 is 0 Å². The van der Waals surface area contributed by atoms with Crippen LogP contribution in [0, 0.1) is 5.92 Å². The predicted molar refractivity (Wildman–Crippen MR) is 121 cm³/mol. The van der Waals surface area contributed by atoms with Gasteiger partial charge in [-0.1, -0.05) is 41.4 Å². The first kappa shape index (κ1) is 22.2. The van der Waals surface area contributed by atoms with Gasteiger partial charge in [-0.3, -0.25) is 9.59 Å². The zero-order valence-corrected chi connectivity index (χ0v) is 19.0. The third kappa shape index (κ3) is 5.07. The molecule has 2 atom stereocenters. The average molecular weight is 462 g/mol. The molecule has 9 heteroatoms. The highest BCUT2D eigenvalue weighted by Crippen LogP contribution is 2.29. The Morgan fingerprint density at radius 2 is 2.03 bits per heavy atom. The van der Waals surface area contributed by atoms with Crippen molar-refractivity contribution in [1.82, 2.24) is 19.8 Å². The maximum Gasteiger partial charge on any atom is 0.243 e. The molecule has 3 N–H and O–H groups in total. The molecule has 7 nitrogen and oxygen atoms in total. The fraction of sp³-hybridized carbons (Fsp3) is 0.545. The molecule has 0 bridgehead atoms. The zero-order chi connectivity index (χ0) is 21.8. The maximum absolute atomic E-state index is 13.1. The van der Waals surface area contributed by atoms with Gasteiger partial charge in [0.2, 0.25) is 11.8 Å². The van der Waals surface area contributed by atoms with Crippen LogP contribution in [0.4, 0.5) is 0 Å². The first-order valence-corrected chi connectivity index (χ1v) is 12.2. The minimum atomic E-state index is -0.509. The molecule has 0 radical (unpaired) electrons. The summed E-state index contributed by atoms with van der Waals surface area (Å²) in [4.78, 5) is 27.8. The van der Waals surface area contributed by atoms with E-state index in [0.29, 0.717) is 24.5 Å². The number of aromatic nitrogens is 2. The smallest absolute Gasteiger partial charge is 0.243 e. The third-order valence-electron chi connectivity index (χ3n) is 6.44. The summed E-state index contributed by atoms with van der Waals surface area (Å²) in [6, 6.07) is 4.53. The quantitative estimate of drug-likeness (QED) is 0.686. The number of carbonyl (C=O) groups excluding carboxylic acids is 2. The third-order valence-corrected chi connectivity index (χ3v) is 7.18. The number of benzene rings is 1. The van der Waals surface area contributed by atoms with Crippen LogP contribution in [-0.2, 0) is 16.1 Å². The van der Waals surface area contributed by atoms with Crippen LogP contribution < -0.4 is 11.1 Å². The second kappa shape index (κ2) is 10.1. The van der Waals surface area contributed by atoms with E-state index in [9.17, 15) is 9.59 Å². The van der Waals surface area contributed by atoms with Gasteiger partial charge in [0.1, 0.15) is 11.7 Å². The molecule has 31 heavy (non-hydrogen) atoms. The lowest BCUT2D eigenvalue weighted by Gasteiger charge is -2.32. The molecule has 2 fully saturated rings. The van der Waals surface area contributed by atoms with Crippen molar-refractivity contribution in [2.45, 2.75) is 63.6 Å². The number of nitrogens with one attached hydrogen (secondary N) is 1. The summed E-state index contributed by atoms with van der Waals surface area (Å²) in [7, 11) is 0. The lowest BCUT2D eigenvalue weighted by atomic mass is 9.83. The van der Waals surface area contributed by atoms with Gasteiger partial charge in [-0.25, -0.2) is 0 Å². The Bertz CT molecular complexity index is 917. The molecule has 0 spiro atoms. The van der Waals surface area contributed by atoms with E-state index in [1.165, 1.54) is 18.0 Å². The van der Waals surface area contributed by atoms with Crippen LogP contribution in [0.2, 0.25) is 5.02 Å². The Labute approximate surface area is 191 Å². The van der Waals surface area contributed by atoms with Crippen molar-refractivity contribution in [3.8, 4) is 11.3 Å². The van der Waals surface area contributed by atoms with Crippen molar-refractivity contribution in [1.29, 1.82) is 0 Å². The fourth-order valence-corrected chi connectivity index (χ4v) is 5.38. The Balaban J connectivity index is 1.41. The van der Waals surface area contributed by atoms with Gasteiger partial charge in [-0.05, 0) is 60.8 Å². The molecule has 1 saturated heterocycles. The average Bonchev–Trinajstić information content (AvgIpc) is 3.49. The van der Waals surface area contributed by atoms with Gasteiger partial charge < -0.3 is 16.0 Å². The van der Waals surface area contributed by atoms with Crippen LogP contribution in [0.1, 0.15) is 50.5 Å². The molecule has 1 aromatic heterocycles. The van der Waals surface area contributed by atoms with E-state index in [-0.39, 0.29) is 17.7 Å². The molecule has 2 aromatic rings. The van der Waals surface area contributed by atoms with Crippen molar-refractivity contribution in [3.63, 3.8) is 0 Å². The van der Waals surface area contributed by atoms with Gasteiger partial charge in [0.15, 0.2) is 0 Å². The second-order valence-corrected chi connectivity index (χ2v) is 9.47. The van der Waals surface area contributed by atoms with Gasteiger partial charge in [0.05, 0.1) is 6.04 Å². The first-order valence-electron chi connectivity index (χ1n) is 10.9. The van der Waals surface area contributed by atoms with E-state index in [2.05, 4.69) is 14.9 Å². The fourth-order valence-electron chi connectivity index (χ4n) is 4.73. The van der Waals surface area contributed by atoms with Crippen molar-refractivity contribution >= 4 is 34.9 Å². The normalized spacial score (nSPS) is 20.6.